The van der Waals surface area contributed by atoms with Gasteiger partial charge in [0.25, 0.3) is 5.91 Å². The van der Waals surface area contributed by atoms with Crippen LogP contribution in [0.1, 0.15) is 153 Å². The number of thioether (sulfide) groups is 2. The van der Waals surface area contributed by atoms with Crippen LogP contribution < -0.4 is 31.9 Å². The molecule has 28 heteroatoms. The number of carbonyl (C=O) groups is 9. The maximum absolute atomic E-state index is 14.3. The highest BCUT2D eigenvalue weighted by Crippen LogP contribution is 2.34. The van der Waals surface area contributed by atoms with Gasteiger partial charge in [0.1, 0.15) is 24.7 Å². The quantitative estimate of drug-likeness (QED) is 0.0231. The molecule has 2 aliphatic heterocycles. The lowest BCUT2D eigenvalue weighted by Gasteiger charge is -2.39. The van der Waals surface area contributed by atoms with Crippen LogP contribution in [0.5, 0.6) is 0 Å². The molecule has 3 heterocycles. The van der Waals surface area contributed by atoms with E-state index in [4.69, 9.17) is 28.7 Å². The Morgan fingerprint density at radius 1 is 0.779 bits per heavy atom. The fourth-order valence-electron chi connectivity index (χ4n) is 13.0. The number of rotatable bonds is 36. The number of hydrogen-bond donors (Lipinski definition) is 6. The predicted molar refractivity (Wildman–Crippen MR) is 408 cm³/mol. The molecule has 4 aromatic rings. The first kappa shape index (κ1) is 85.5. The number of fused-ring (bicyclic) bond motifs is 2. The van der Waals surface area contributed by atoms with Gasteiger partial charge >= 0.3 is 6.09 Å². The van der Waals surface area contributed by atoms with Crippen molar-refractivity contribution in [1.29, 1.82) is 5.26 Å². The second-order valence-electron chi connectivity index (χ2n) is 28.4. The lowest BCUT2D eigenvalue weighted by atomic mass is 9.90. The molecule has 2 aliphatic rings. The minimum Gasteiger partial charge on any atom is -0.445 e. The van der Waals surface area contributed by atoms with Gasteiger partial charge in [-0.25, -0.2) is 14.8 Å². The van der Waals surface area contributed by atoms with Gasteiger partial charge in [-0.1, -0.05) is 104 Å². The van der Waals surface area contributed by atoms with Gasteiger partial charge < -0.3 is 60.4 Å². The minimum absolute atomic E-state index is 0.0289. The Morgan fingerprint density at radius 2 is 1.47 bits per heavy atom. The molecule has 4 unspecified atom stereocenters. The van der Waals surface area contributed by atoms with Crippen LogP contribution in [0.15, 0.2) is 72.8 Å². The van der Waals surface area contributed by atoms with Crippen molar-refractivity contribution < 1.29 is 61.9 Å². The van der Waals surface area contributed by atoms with Gasteiger partial charge in [-0.3, -0.25) is 43.3 Å². The van der Waals surface area contributed by atoms with Crippen LogP contribution in [0.2, 0.25) is 0 Å². The number of methoxy groups -OCH3 is 2. The summed E-state index contributed by atoms with van der Waals surface area (Å²) in [6, 6.07) is 19.8. The minimum atomic E-state index is -1.24. The zero-order valence-electron chi connectivity index (χ0n) is 63.3. The van der Waals surface area contributed by atoms with Crippen LogP contribution in [0.25, 0.3) is 11.0 Å². The fraction of sp³-hybridized carbons (Fsp3) is 0.605. The van der Waals surface area contributed by atoms with Crippen molar-refractivity contribution in [3.63, 3.8) is 0 Å². The summed E-state index contributed by atoms with van der Waals surface area (Å²) in [5, 5.41) is 27.4. The lowest BCUT2D eigenvalue weighted by Crippen LogP contribution is -2.56. The molecule has 0 radical (unpaired) electrons. The molecule has 3 aromatic carbocycles. The Hall–Kier alpha value is -7.47. The van der Waals surface area contributed by atoms with E-state index in [9.17, 15) is 48.4 Å². The summed E-state index contributed by atoms with van der Waals surface area (Å²) in [4.78, 5) is 137. The van der Waals surface area contributed by atoms with E-state index < -0.39 is 104 Å². The van der Waals surface area contributed by atoms with Crippen molar-refractivity contribution in [2.24, 2.45) is 23.7 Å². The van der Waals surface area contributed by atoms with Crippen molar-refractivity contribution in [2.45, 2.75) is 198 Å². The number of likely N-dealkylation sites (N-methyl/N-ethyl adjacent to an activating group) is 2. The van der Waals surface area contributed by atoms with E-state index in [1.165, 1.54) is 43.9 Å². The highest BCUT2D eigenvalue weighted by molar-refractivity contribution is 7.99. The Morgan fingerprint density at radius 3 is 2.12 bits per heavy atom. The Bertz CT molecular complexity index is 3570. The van der Waals surface area contributed by atoms with Gasteiger partial charge in [-0.05, 0) is 124 Å². The third-order valence-electron chi connectivity index (χ3n) is 19.3. The number of carbonyl (C=O) groups excluding carboxylic acids is 9. The Labute approximate surface area is 624 Å². The maximum Gasteiger partial charge on any atom is 0.410 e. The van der Waals surface area contributed by atoms with E-state index in [0.29, 0.717) is 66.2 Å². The van der Waals surface area contributed by atoms with Crippen LogP contribution >= 0.6 is 31.7 Å². The highest BCUT2D eigenvalue weighted by atomic mass is 32.2. The van der Waals surface area contributed by atoms with E-state index in [-0.39, 0.29) is 67.8 Å². The molecule has 1 aromatic heterocycles. The first-order valence-electron chi connectivity index (χ1n) is 36.1. The van der Waals surface area contributed by atoms with Crippen LogP contribution in [0.4, 0.5) is 10.5 Å². The largest absolute Gasteiger partial charge is 0.445 e. The van der Waals surface area contributed by atoms with Crippen LogP contribution in [-0.2, 0) is 76.8 Å². The maximum atomic E-state index is 14.3. The molecule has 0 spiro atoms. The third-order valence-corrected chi connectivity index (χ3v) is 23.2. The first-order valence-corrected chi connectivity index (χ1v) is 40.2. The molecule has 6 rings (SSSR count). The molecule has 1 saturated heterocycles. The van der Waals surface area contributed by atoms with Gasteiger partial charge in [0, 0.05) is 83.0 Å². The SMILES string of the molecule is CCC1CCCSCc2nc3cc(C(=O)NC(C)(C)CCOP(C)CC(=O)NC(C(=O)NCC(=O)Nc4ccc(COC(=O)N(C)C(C(=O)NCC(=O)N(C)[C@@H]([C@@H](C)CC)[C@@H](CC(=O)N5CCC[C@H]5[C@H](OC)[C@@H](C)C(=O)N[C@H](C#N)Cc5ccccc5)OC)C(C)C)cc4)C(C)C)ccc3nc2CS1. The molecule has 0 saturated carbocycles. The van der Waals surface area contributed by atoms with Gasteiger partial charge in [-0.2, -0.15) is 28.8 Å². The van der Waals surface area contributed by atoms with Gasteiger partial charge in [0.2, 0.25) is 41.4 Å². The van der Waals surface area contributed by atoms with Crippen molar-refractivity contribution in [1.82, 2.24) is 51.3 Å². The van der Waals surface area contributed by atoms with Gasteiger partial charge in [0.15, 0.2) is 0 Å². The standard InChI is InChI=1S/C76H111N12O13PS2/c1-16-49(7)69(62(98-13)39-65(91)88-34-21-26-61(88)70(99-14)50(8)71(93)81-55(40-77)37-51-23-19-18-20-24-51)86(11)66(92)42-79-74(96)68(48(5)6)87(12)75(97)100-43-52-27-30-54(31-28-52)80-63(89)41-78-73(95)67(47(3)4)84-64(90)44-102(15)101-35-33-76(9,10)85-72(94)53-29-32-57-58(38-53)83-59-45-103-36-22-25-56(17-2)104-46-60(59)82-57/h18-20,23-24,27-32,38,47-50,55-56,61-62,67-70H,16-17,21-22,25-26,33-37,39,41-46H2,1-15H3,(H,78,95)(H,79,96)(H,80,89)(H,81,93)(H,84,90)(H,85,94)/t49-,50+,55-,56?,61-,62+,67?,68?,69-,70+,102?/m0/s1. The Kier molecular flexibility index (Phi) is 34.5. The molecule has 0 bridgehead atoms. The van der Waals surface area contributed by atoms with Crippen molar-refractivity contribution in [3.8, 4) is 6.07 Å². The summed E-state index contributed by atoms with van der Waals surface area (Å²) in [5.41, 5.74) is 5.17. The summed E-state index contributed by atoms with van der Waals surface area (Å²) in [6.07, 6.45) is 3.97. The lowest BCUT2D eigenvalue weighted by molar-refractivity contribution is -0.146. The zero-order chi connectivity index (χ0) is 76.4. The number of likely N-dealkylation sites (tertiary alicyclic amines) is 1. The Balaban J connectivity index is 0.907. The molecular weight excluding hydrogens is 1380 g/mol. The average Bonchev–Trinajstić information content (AvgIpc) is 1.19. The van der Waals surface area contributed by atoms with Crippen LogP contribution in [0.3, 0.4) is 0 Å². The van der Waals surface area contributed by atoms with E-state index >= 15 is 0 Å². The number of ether oxygens (including phenoxy) is 3. The zero-order valence-corrected chi connectivity index (χ0v) is 65.9. The molecule has 104 heavy (non-hydrogen) atoms. The average molecular weight is 1500 g/mol. The van der Waals surface area contributed by atoms with E-state index in [0.717, 1.165) is 46.1 Å². The van der Waals surface area contributed by atoms with Gasteiger partial charge in [-0.15, -0.1) is 0 Å². The number of hydrogen-bond acceptors (Lipinski definition) is 18. The second kappa shape index (κ2) is 42.0. The number of nitrogens with zero attached hydrogens (tertiary/aromatic N) is 6. The smallest absolute Gasteiger partial charge is 0.410 e. The van der Waals surface area contributed by atoms with Crippen molar-refractivity contribution in [2.75, 3.05) is 78.5 Å². The summed E-state index contributed by atoms with van der Waals surface area (Å²) < 4.78 is 23.6. The fourth-order valence-corrected chi connectivity index (χ4v) is 16.2. The number of aromatic nitrogens is 2. The number of anilines is 1. The van der Waals surface area contributed by atoms with Crippen molar-refractivity contribution >= 4 is 102 Å². The van der Waals surface area contributed by atoms with E-state index in [1.54, 1.807) is 83.0 Å². The number of nitriles is 1. The second-order valence-corrected chi connectivity index (χ2v) is 32.6. The molecule has 25 nitrogen and oxygen atoms in total. The van der Waals surface area contributed by atoms with Crippen molar-refractivity contribution in [3.05, 3.63) is 101 Å². The number of amides is 9. The van der Waals surface area contributed by atoms with E-state index in [1.807, 2.05) is 94.3 Å². The first-order chi connectivity index (χ1) is 49.5. The topological polar surface area (TPSA) is 322 Å². The number of benzene rings is 3. The van der Waals surface area contributed by atoms with Crippen LogP contribution in [0, 0.1) is 35.0 Å². The predicted octanol–water partition coefficient (Wildman–Crippen LogP) is 9.39. The molecule has 570 valence electrons. The summed E-state index contributed by atoms with van der Waals surface area (Å²) in [6.45, 7) is 20.4. The molecule has 6 N–H and O–H groups in total. The molecule has 11 atom stereocenters. The molecule has 1 fully saturated rings. The molecular formula is C76H111N12O13PS2. The van der Waals surface area contributed by atoms with Crippen LogP contribution in [-0.4, -0.2) is 204 Å². The molecule has 0 aliphatic carbocycles. The number of nitrogens with one attached hydrogen (secondary N) is 6. The molecule has 9 amide bonds. The van der Waals surface area contributed by atoms with E-state index in [2.05, 4.69) is 44.9 Å². The highest BCUT2D eigenvalue weighted by Gasteiger charge is 2.43. The monoisotopic (exact) mass is 1490 g/mol. The summed E-state index contributed by atoms with van der Waals surface area (Å²) >= 11 is 3.83. The normalized spacial score (nSPS) is 17.4. The van der Waals surface area contributed by atoms with Gasteiger partial charge in [0.05, 0.1) is 91.0 Å². The summed E-state index contributed by atoms with van der Waals surface area (Å²) in [5.74, 6) is -2.19. The summed E-state index contributed by atoms with van der Waals surface area (Å²) in [7, 11) is 4.80. The third kappa shape index (κ3) is 25.7.